The summed E-state index contributed by atoms with van der Waals surface area (Å²) in [6, 6.07) is 13.5. The van der Waals surface area contributed by atoms with Crippen molar-refractivity contribution in [2.75, 3.05) is 34.2 Å². The van der Waals surface area contributed by atoms with Crippen molar-refractivity contribution in [3.63, 3.8) is 0 Å². The van der Waals surface area contributed by atoms with E-state index in [-0.39, 0.29) is 37.8 Å². The maximum atomic E-state index is 14.1. The summed E-state index contributed by atoms with van der Waals surface area (Å²) in [5.74, 6) is 1.94. The number of methoxy groups -OCH3 is 2. The van der Waals surface area contributed by atoms with Crippen molar-refractivity contribution in [1.82, 2.24) is 30.4 Å². The van der Waals surface area contributed by atoms with E-state index < -0.39 is 6.04 Å². The van der Waals surface area contributed by atoms with Gasteiger partial charge in [-0.2, -0.15) is 4.80 Å². The molecular formula is C30H32N6O7S. The van der Waals surface area contributed by atoms with Crippen molar-refractivity contribution in [2.24, 2.45) is 0 Å². The normalized spacial score (nSPS) is 16.0. The fourth-order valence-electron chi connectivity index (χ4n) is 5.16. The molecule has 2 aromatic heterocycles. The molecule has 4 aromatic rings. The third-order valence-electron chi connectivity index (χ3n) is 7.38. The molecule has 4 heterocycles. The molecule has 0 aliphatic carbocycles. The first-order chi connectivity index (χ1) is 21.5. The Morgan fingerprint density at radius 2 is 1.98 bits per heavy atom. The first kappa shape index (κ1) is 29.4. The Labute approximate surface area is 257 Å². The van der Waals surface area contributed by atoms with Crippen molar-refractivity contribution in [3.8, 4) is 34.4 Å². The van der Waals surface area contributed by atoms with Crippen LogP contribution in [-0.4, -0.2) is 77.2 Å². The molecule has 1 N–H and O–H groups in total. The zero-order valence-electron chi connectivity index (χ0n) is 24.3. The average molecular weight is 621 g/mol. The van der Waals surface area contributed by atoms with Crippen LogP contribution >= 0.6 is 11.3 Å². The summed E-state index contributed by atoms with van der Waals surface area (Å²) >= 11 is 1.40. The van der Waals surface area contributed by atoms with Crippen molar-refractivity contribution in [1.29, 1.82) is 0 Å². The van der Waals surface area contributed by atoms with Gasteiger partial charge in [-0.05, 0) is 65.4 Å². The van der Waals surface area contributed by atoms with E-state index in [9.17, 15) is 9.59 Å². The predicted molar refractivity (Wildman–Crippen MR) is 159 cm³/mol. The Morgan fingerprint density at radius 1 is 1.11 bits per heavy atom. The van der Waals surface area contributed by atoms with Crippen LogP contribution < -0.4 is 24.3 Å². The fourth-order valence-corrected chi connectivity index (χ4v) is 5.99. The van der Waals surface area contributed by atoms with Gasteiger partial charge < -0.3 is 33.9 Å². The average Bonchev–Trinajstić information content (AvgIpc) is 3.87. The van der Waals surface area contributed by atoms with Crippen LogP contribution in [0, 0.1) is 0 Å². The number of hydrogen-bond donors (Lipinski definition) is 1. The van der Waals surface area contributed by atoms with E-state index in [0.717, 1.165) is 23.3 Å². The number of tetrazole rings is 1. The zero-order chi connectivity index (χ0) is 30.5. The minimum atomic E-state index is -0.900. The van der Waals surface area contributed by atoms with Gasteiger partial charge in [0.25, 0.3) is 0 Å². The minimum absolute atomic E-state index is 0.0460. The highest BCUT2D eigenvalue weighted by molar-refractivity contribution is 7.10. The molecule has 0 saturated carbocycles. The van der Waals surface area contributed by atoms with Crippen LogP contribution in [0.2, 0.25) is 0 Å². The number of amides is 2. The van der Waals surface area contributed by atoms with Crippen LogP contribution in [0.15, 0.2) is 53.9 Å². The van der Waals surface area contributed by atoms with Crippen LogP contribution in [0.4, 0.5) is 0 Å². The van der Waals surface area contributed by atoms with Crippen LogP contribution in [0.3, 0.4) is 0 Å². The number of hydrogen-bond acceptors (Lipinski definition) is 11. The number of carbonyl (C=O) groups excluding carboxylic acids is 2. The maximum absolute atomic E-state index is 14.1. The van der Waals surface area contributed by atoms with Gasteiger partial charge in [-0.25, -0.2) is 0 Å². The summed E-state index contributed by atoms with van der Waals surface area (Å²) in [6.45, 7) is 1.06. The molecule has 2 amide bonds. The summed E-state index contributed by atoms with van der Waals surface area (Å²) < 4.78 is 27.4. The lowest BCUT2D eigenvalue weighted by Gasteiger charge is -2.31. The molecule has 13 nitrogen and oxygen atoms in total. The molecule has 230 valence electrons. The van der Waals surface area contributed by atoms with Crippen LogP contribution in [-0.2, 0) is 27.4 Å². The van der Waals surface area contributed by atoms with E-state index in [0.29, 0.717) is 47.5 Å². The van der Waals surface area contributed by atoms with Gasteiger partial charge in [0.2, 0.25) is 24.4 Å². The summed E-state index contributed by atoms with van der Waals surface area (Å²) in [5.41, 5.74) is 1.41. The minimum Gasteiger partial charge on any atom is -0.493 e. The van der Waals surface area contributed by atoms with Gasteiger partial charge in [0.1, 0.15) is 12.6 Å². The summed E-state index contributed by atoms with van der Waals surface area (Å²) in [6.07, 6.45) is 1.79. The molecule has 0 spiro atoms. The monoisotopic (exact) mass is 620 g/mol. The first-order valence-corrected chi connectivity index (χ1v) is 15.0. The second-order valence-electron chi connectivity index (χ2n) is 10.2. The number of ether oxygens (including phenoxy) is 5. The van der Waals surface area contributed by atoms with Gasteiger partial charge in [-0.15, -0.1) is 21.5 Å². The molecule has 14 heteroatoms. The number of aromatic nitrogens is 4. The number of carbonyl (C=O) groups is 2. The quantitative estimate of drug-likeness (QED) is 0.251. The highest BCUT2D eigenvalue weighted by atomic mass is 32.1. The van der Waals surface area contributed by atoms with Crippen LogP contribution in [0.5, 0.6) is 23.0 Å². The first-order valence-electron chi connectivity index (χ1n) is 14.1. The fraction of sp³-hybridized carbons (Fsp3) is 0.367. The second-order valence-corrected chi connectivity index (χ2v) is 11.2. The van der Waals surface area contributed by atoms with Gasteiger partial charge in [0, 0.05) is 30.1 Å². The predicted octanol–water partition coefficient (Wildman–Crippen LogP) is 3.21. The van der Waals surface area contributed by atoms with Crippen LogP contribution in [0.1, 0.15) is 29.3 Å². The standard InChI is InChI=1S/C30H32N6O7S/c1-39-22-10-8-20(14-24(22)40-2)29-32-34-36(33-29)17-27(37)35(16-19-7-9-23-25(13-19)43-18-42-23)28(26-6-4-12-44-26)30(38)31-15-21-5-3-11-41-21/h4,6-10,12-14,21,28H,3,5,11,15-18H2,1-2H3,(H,31,38). The smallest absolute Gasteiger partial charge is 0.248 e. The van der Waals surface area contributed by atoms with E-state index >= 15 is 0 Å². The lowest BCUT2D eigenvalue weighted by molar-refractivity contribution is -0.142. The molecule has 6 rings (SSSR count). The largest absolute Gasteiger partial charge is 0.493 e. The zero-order valence-corrected chi connectivity index (χ0v) is 25.1. The van der Waals surface area contributed by atoms with Gasteiger partial charge in [-0.3, -0.25) is 9.59 Å². The highest BCUT2D eigenvalue weighted by Gasteiger charge is 2.34. The van der Waals surface area contributed by atoms with Crippen LogP contribution in [0.25, 0.3) is 11.4 Å². The Bertz CT molecular complexity index is 1610. The topological polar surface area (TPSA) is 139 Å². The van der Waals surface area contributed by atoms with E-state index in [1.54, 1.807) is 38.5 Å². The molecular weight excluding hydrogens is 588 g/mol. The van der Waals surface area contributed by atoms with Crippen molar-refractivity contribution in [2.45, 2.75) is 38.1 Å². The molecule has 0 radical (unpaired) electrons. The number of fused-ring (bicyclic) bond motifs is 1. The molecule has 2 aromatic carbocycles. The van der Waals surface area contributed by atoms with E-state index in [1.165, 1.54) is 21.0 Å². The Morgan fingerprint density at radius 3 is 2.75 bits per heavy atom. The van der Waals surface area contributed by atoms with E-state index in [1.807, 2.05) is 29.6 Å². The van der Waals surface area contributed by atoms with Crippen molar-refractivity contribution in [3.05, 3.63) is 64.4 Å². The van der Waals surface area contributed by atoms with Crippen molar-refractivity contribution < 1.29 is 33.3 Å². The number of benzene rings is 2. The van der Waals surface area contributed by atoms with Gasteiger partial charge in [0.05, 0.1) is 20.3 Å². The molecule has 1 fully saturated rings. The molecule has 44 heavy (non-hydrogen) atoms. The second kappa shape index (κ2) is 13.3. The number of thiophene rings is 1. The number of nitrogens with one attached hydrogen (secondary N) is 1. The molecule has 2 aliphatic rings. The Hall–Kier alpha value is -4.69. The lowest BCUT2D eigenvalue weighted by Crippen LogP contribution is -2.45. The molecule has 2 aliphatic heterocycles. The Kier molecular flexibility index (Phi) is 8.89. The summed E-state index contributed by atoms with van der Waals surface area (Å²) in [7, 11) is 3.10. The van der Waals surface area contributed by atoms with Gasteiger partial charge >= 0.3 is 0 Å². The van der Waals surface area contributed by atoms with Gasteiger partial charge in [0.15, 0.2) is 23.0 Å². The third kappa shape index (κ3) is 6.45. The van der Waals surface area contributed by atoms with Gasteiger partial charge in [-0.1, -0.05) is 12.1 Å². The van der Waals surface area contributed by atoms with E-state index in [4.69, 9.17) is 23.7 Å². The SMILES string of the molecule is COc1ccc(-c2nnn(CC(=O)N(Cc3ccc4c(c3)OCO4)C(C(=O)NCC3CCCO3)c3cccs3)n2)cc1OC. The summed E-state index contributed by atoms with van der Waals surface area (Å²) in [5, 5.41) is 17.6. The molecule has 2 atom stereocenters. The molecule has 1 saturated heterocycles. The molecule has 0 bridgehead atoms. The summed E-state index contributed by atoms with van der Waals surface area (Å²) in [4.78, 5) is 31.4. The number of rotatable bonds is 12. The van der Waals surface area contributed by atoms with E-state index in [2.05, 4.69) is 20.7 Å². The highest BCUT2D eigenvalue weighted by Crippen LogP contribution is 2.35. The number of nitrogens with zero attached hydrogens (tertiary/aromatic N) is 5. The maximum Gasteiger partial charge on any atom is 0.248 e. The lowest BCUT2D eigenvalue weighted by atomic mass is 10.1. The third-order valence-corrected chi connectivity index (χ3v) is 8.31. The molecule has 2 unspecified atom stereocenters. The van der Waals surface area contributed by atoms with Crippen molar-refractivity contribution >= 4 is 23.2 Å². The Balaban J connectivity index is 1.28.